The maximum atomic E-state index is 13.1. The Morgan fingerprint density at radius 1 is 1.00 bits per heavy atom. The molecule has 0 saturated carbocycles. The van der Waals surface area contributed by atoms with E-state index in [1.165, 1.54) is 20.3 Å². The molecule has 158 valence electrons. The van der Waals surface area contributed by atoms with Crippen molar-refractivity contribution in [1.29, 1.82) is 0 Å². The van der Waals surface area contributed by atoms with Crippen LogP contribution in [0.25, 0.3) is 0 Å². The van der Waals surface area contributed by atoms with Gasteiger partial charge in [0.15, 0.2) is 0 Å². The molecule has 2 heterocycles. The molecular weight excluding hydrogens is 400 g/mol. The molecule has 31 heavy (non-hydrogen) atoms. The zero-order valence-electron chi connectivity index (χ0n) is 17.0. The first-order valence-electron chi connectivity index (χ1n) is 9.52. The average molecular weight is 420 g/mol. The fraction of sp³-hybridized carbons (Fsp3) is 0.174. The second-order valence-corrected chi connectivity index (χ2v) is 6.93. The molecule has 1 amide bonds. The third-order valence-electron chi connectivity index (χ3n) is 5.04. The Balaban J connectivity index is 1.74. The third kappa shape index (κ3) is 3.87. The number of fused-ring (bicyclic) bond motifs is 1. The van der Waals surface area contributed by atoms with E-state index >= 15 is 0 Å². The molecule has 0 aliphatic carbocycles. The number of benzene rings is 2. The summed E-state index contributed by atoms with van der Waals surface area (Å²) in [4.78, 5) is 38.9. The van der Waals surface area contributed by atoms with E-state index in [-0.39, 0.29) is 23.6 Å². The second-order valence-electron chi connectivity index (χ2n) is 6.93. The predicted molar refractivity (Wildman–Crippen MR) is 111 cm³/mol. The number of hydrogen-bond donors (Lipinski definition) is 1. The number of furan rings is 1. The number of amides is 1. The van der Waals surface area contributed by atoms with Gasteiger partial charge in [-0.3, -0.25) is 4.79 Å². The molecule has 0 radical (unpaired) electrons. The van der Waals surface area contributed by atoms with Crippen molar-refractivity contribution < 1.29 is 28.3 Å². The molecule has 1 aliphatic heterocycles. The van der Waals surface area contributed by atoms with Crippen molar-refractivity contribution in [2.45, 2.75) is 12.7 Å². The zero-order valence-corrected chi connectivity index (χ0v) is 17.0. The van der Waals surface area contributed by atoms with Crippen molar-refractivity contribution >= 4 is 23.5 Å². The van der Waals surface area contributed by atoms with Crippen LogP contribution in [0.5, 0.6) is 0 Å². The number of hydrogen-bond acceptors (Lipinski definition) is 7. The lowest BCUT2D eigenvalue weighted by molar-refractivity contribution is 0.0597. The van der Waals surface area contributed by atoms with E-state index in [1.54, 1.807) is 47.6 Å². The van der Waals surface area contributed by atoms with Gasteiger partial charge in [0, 0.05) is 16.8 Å². The van der Waals surface area contributed by atoms with E-state index in [0.29, 0.717) is 17.0 Å². The highest BCUT2D eigenvalue weighted by molar-refractivity contribution is 6.00. The number of ether oxygens (including phenoxy) is 2. The highest BCUT2D eigenvalue weighted by atomic mass is 16.5. The van der Waals surface area contributed by atoms with E-state index in [4.69, 9.17) is 13.9 Å². The van der Waals surface area contributed by atoms with E-state index in [0.717, 1.165) is 5.56 Å². The highest BCUT2D eigenvalue weighted by Gasteiger charge is 2.37. The summed E-state index contributed by atoms with van der Waals surface area (Å²) in [5.74, 6) is -0.707. The molecule has 0 spiro atoms. The maximum absolute atomic E-state index is 13.1. The minimum Gasteiger partial charge on any atom is -0.467 e. The van der Waals surface area contributed by atoms with Crippen LogP contribution in [0.2, 0.25) is 0 Å². The number of esters is 2. The lowest BCUT2D eigenvalue weighted by Crippen LogP contribution is -2.31. The van der Waals surface area contributed by atoms with Gasteiger partial charge >= 0.3 is 11.9 Å². The Morgan fingerprint density at radius 2 is 1.68 bits per heavy atom. The first kappa shape index (κ1) is 20.2. The fourth-order valence-electron chi connectivity index (χ4n) is 3.60. The van der Waals surface area contributed by atoms with Crippen molar-refractivity contribution in [3.8, 4) is 0 Å². The summed E-state index contributed by atoms with van der Waals surface area (Å²) in [5, 5.41) is 3.28. The van der Waals surface area contributed by atoms with Gasteiger partial charge in [0.1, 0.15) is 11.9 Å². The van der Waals surface area contributed by atoms with Gasteiger partial charge in [-0.05, 0) is 36.4 Å². The van der Waals surface area contributed by atoms with Crippen LogP contribution in [0.4, 0.5) is 5.69 Å². The van der Waals surface area contributed by atoms with E-state index in [9.17, 15) is 14.4 Å². The molecule has 3 aromatic rings. The Kier molecular flexibility index (Phi) is 5.44. The topological polar surface area (TPSA) is 98.1 Å². The summed E-state index contributed by atoms with van der Waals surface area (Å²) in [6.45, 7) is 0.249. The molecule has 8 heteroatoms. The minimum atomic E-state index is -0.593. The summed E-state index contributed by atoms with van der Waals surface area (Å²) in [6, 6.07) is 15.4. The van der Waals surface area contributed by atoms with Gasteiger partial charge in [-0.15, -0.1) is 0 Å². The normalized spacial score (nSPS) is 14.8. The van der Waals surface area contributed by atoms with Crippen LogP contribution in [0.15, 0.2) is 65.3 Å². The van der Waals surface area contributed by atoms with Crippen LogP contribution in [0.1, 0.15) is 48.6 Å². The lowest BCUT2D eigenvalue weighted by Gasteiger charge is -2.26. The van der Waals surface area contributed by atoms with Gasteiger partial charge in [0.25, 0.3) is 5.91 Å². The van der Waals surface area contributed by atoms with Gasteiger partial charge in [-0.2, -0.15) is 0 Å². The van der Waals surface area contributed by atoms with E-state index in [2.05, 4.69) is 5.32 Å². The molecule has 1 atom stereocenters. The quantitative estimate of drug-likeness (QED) is 0.608. The summed E-state index contributed by atoms with van der Waals surface area (Å²) >= 11 is 0. The molecule has 1 aromatic heterocycles. The van der Waals surface area contributed by atoms with Crippen LogP contribution >= 0.6 is 0 Å². The number of rotatable bonds is 6. The standard InChI is InChI=1S/C23H20N2O6/c1-29-22(27)14-10-15(23(28)30-2)12-16(11-14)24-20-18-7-3-4-8-19(18)21(26)25(20)13-17-6-5-9-31-17/h3-12,20,24H,13H2,1-2H3. The molecular formula is C23H20N2O6. The monoisotopic (exact) mass is 420 g/mol. The zero-order chi connectivity index (χ0) is 22.0. The van der Waals surface area contributed by atoms with Gasteiger partial charge in [0.05, 0.1) is 38.2 Å². The molecule has 4 rings (SSSR count). The Hall–Kier alpha value is -4.07. The van der Waals surface area contributed by atoms with Crippen molar-refractivity contribution in [3.63, 3.8) is 0 Å². The number of carbonyl (C=O) groups excluding carboxylic acids is 3. The third-order valence-corrected chi connectivity index (χ3v) is 5.04. The van der Waals surface area contributed by atoms with Gasteiger partial charge < -0.3 is 24.1 Å². The largest absolute Gasteiger partial charge is 0.467 e. The van der Waals surface area contributed by atoms with Gasteiger partial charge in [0.2, 0.25) is 0 Å². The number of nitrogens with one attached hydrogen (secondary N) is 1. The summed E-state index contributed by atoms with van der Waals surface area (Å²) in [7, 11) is 2.52. The first-order valence-corrected chi connectivity index (χ1v) is 9.52. The maximum Gasteiger partial charge on any atom is 0.337 e. The first-order chi connectivity index (χ1) is 15.0. The average Bonchev–Trinajstić information content (AvgIpc) is 3.41. The Bertz CT molecular complexity index is 1100. The van der Waals surface area contributed by atoms with Crippen LogP contribution in [-0.4, -0.2) is 37.0 Å². The number of methoxy groups -OCH3 is 2. The predicted octanol–water partition coefficient (Wildman–Crippen LogP) is 3.62. The molecule has 8 nitrogen and oxygen atoms in total. The summed E-state index contributed by atoms with van der Waals surface area (Å²) in [5.41, 5.74) is 2.18. The summed E-state index contributed by atoms with van der Waals surface area (Å²) in [6.07, 6.45) is 1.01. The number of anilines is 1. The number of nitrogens with zero attached hydrogens (tertiary/aromatic N) is 1. The van der Waals surface area contributed by atoms with Crippen molar-refractivity contribution in [2.75, 3.05) is 19.5 Å². The molecule has 0 bridgehead atoms. The van der Waals surface area contributed by atoms with Crippen molar-refractivity contribution in [3.05, 3.63) is 88.9 Å². The molecule has 1 unspecified atom stereocenters. The molecule has 1 N–H and O–H groups in total. The fourth-order valence-corrected chi connectivity index (χ4v) is 3.60. The second kappa shape index (κ2) is 8.35. The molecule has 0 saturated heterocycles. The van der Waals surface area contributed by atoms with Crippen LogP contribution in [0, 0.1) is 0 Å². The highest BCUT2D eigenvalue weighted by Crippen LogP contribution is 2.36. The van der Waals surface area contributed by atoms with Crippen molar-refractivity contribution in [2.24, 2.45) is 0 Å². The minimum absolute atomic E-state index is 0.151. The molecule has 0 fully saturated rings. The van der Waals surface area contributed by atoms with E-state index < -0.39 is 18.1 Å². The summed E-state index contributed by atoms with van der Waals surface area (Å²) < 4.78 is 15.0. The van der Waals surface area contributed by atoms with E-state index in [1.807, 2.05) is 12.1 Å². The SMILES string of the molecule is COC(=O)c1cc(NC2c3ccccc3C(=O)N2Cc2ccco2)cc(C(=O)OC)c1. The molecule has 2 aromatic carbocycles. The van der Waals surface area contributed by atoms with Gasteiger partial charge in [-0.25, -0.2) is 9.59 Å². The van der Waals surface area contributed by atoms with Crippen LogP contribution in [0.3, 0.4) is 0 Å². The Morgan fingerprint density at radius 3 is 2.29 bits per heavy atom. The Labute approximate surface area is 178 Å². The number of carbonyl (C=O) groups is 3. The molecule has 1 aliphatic rings. The van der Waals surface area contributed by atoms with Gasteiger partial charge in [-0.1, -0.05) is 18.2 Å². The lowest BCUT2D eigenvalue weighted by atomic mass is 10.1. The van der Waals surface area contributed by atoms with Crippen LogP contribution in [-0.2, 0) is 16.0 Å². The van der Waals surface area contributed by atoms with Crippen molar-refractivity contribution in [1.82, 2.24) is 4.90 Å². The van der Waals surface area contributed by atoms with Crippen LogP contribution < -0.4 is 5.32 Å². The smallest absolute Gasteiger partial charge is 0.337 e.